The fraction of sp³-hybridized carbons (Fsp3) is 0.438. The van der Waals surface area contributed by atoms with E-state index in [1.165, 1.54) is 4.31 Å². The number of methoxy groups -OCH3 is 1. The molecule has 23 heavy (non-hydrogen) atoms. The monoisotopic (exact) mass is 335 g/mol. The first kappa shape index (κ1) is 16.2. The van der Waals surface area contributed by atoms with E-state index in [1.807, 2.05) is 17.6 Å². The van der Waals surface area contributed by atoms with E-state index >= 15 is 0 Å². The maximum absolute atomic E-state index is 13.0. The lowest BCUT2D eigenvalue weighted by molar-refractivity contribution is 0.134. The molecule has 0 aliphatic carbocycles. The molecule has 1 aromatic carbocycles. The SMILES string of the molecule is COC[C@H]1CN(S(=O)(=O)c2cccc(C)c2)Cc2cncn2C1. The molecule has 0 N–H and O–H groups in total. The summed E-state index contributed by atoms with van der Waals surface area (Å²) >= 11 is 0. The summed E-state index contributed by atoms with van der Waals surface area (Å²) in [6.07, 6.45) is 3.48. The molecule has 7 heteroatoms. The Kier molecular flexibility index (Phi) is 4.52. The molecule has 0 bridgehead atoms. The van der Waals surface area contributed by atoms with Crippen LogP contribution in [0.1, 0.15) is 11.3 Å². The van der Waals surface area contributed by atoms with Gasteiger partial charge < -0.3 is 9.30 Å². The second-order valence-electron chi connectivity index (χ2n) is 5.97. The van der Waals surface area contributed by atoms with Crippen molar-refractivity contribution in [3.8, 4) is 0 Å². The minimum Gasteiger partial charge on any atom is -0.384 e. The van der Waals surface area contributed by atoms with Crippen molar-refractivity contribution in [3.05, 3.63) is 48.0 Å². The molecule has 0 radical (unpaired) electrons. The normalized spacial score (nSPS) is 19.3. The van der Waals surface area contributed by atoms with Gasteiger partial charge in [-0.3, -0.25) is 0 Å². The highest BCUT2D eigenvalue weighted by molar-refractivity contribution is 7.89. The van der Waals surface area contributed by atoms with Gasteiger partial charge in [-0.05, 0) is 24.6 Å². The molecule has 0 unspecified atom stereocenters. The highest BCUT2D eigenvalue weighted by Gasteiger charge is 2.31. The van der Waals surface area contributed by atoms with E-state index < -0.39 is 10.0 Å². The minimum atomic E-state index is -3.54. The minimum absolute atomic E-state index is 0.0926. The van der Waals surface area contributed by atoms with E-state index in [9.17, 15) is 8.42 Å². The fourth-order valence-corrected chi connectivity index (χ4v) is 4.56. The van der Waals surface area contributed by atoms with Crippen molar-refractivity contribution in [3.63, 3.8) is 0 Å². The number of fused-ring (bicyclic) bond motifs is 1. The number of ether oxygens (including phenoxy) is 1. The van der Waals surface area contributed by atoms with Crippen LogP contribution < -0.4 is 0 Å². The molecule has 0 saturated carbocycles. The molecule has 1 aliphatic rings. The fourth-order valence-electron chi connectivity index (χ4n) is 2.96. The largest absolute Gasteiger partial charge is 0.384 e. The molecule has 0 spiro atoms. The number of benzene rings is 1. The van der Waals surface area contributed by atoms with Crippen molar-refractivity contribution < 1.29 is 13.2 Å². The first-order chi connectivity index (χ1) is 11.0. The van der Waals surface area contributed by atoms with E-state index in [1.54, 1.807) is 37.8 Å². The second kappa shape index (κ2) is 6.43. The van der Waals surface area contributed by atoms with Crippen molar-refractivity contribution in [2.24, 2.45) is 5.92 Å². The molecular formula is C16H21N3O3S. The molecule has 1 aliphatic heterocycles. The van der Waals surface area contributed by atoms with Gasteiger partial charge in [0, 0.05) is 32.3 Å². The molecule has 124 valence electrons. The maximum atomic E-state index is 13.0. The third-order valence-electron chi connectivity index (χ3n) is 4.08. The zero-order chi connectivity index (χ0) is 16.4. The maximum Gasteiger partial charge on any atom is 0.243 e. The Balaban J connectivity index is 1.97. The van der Waals surface area contributed by atoms with E-state index in [4.69, 9.17) is 4.74 Å². The van der Waals surface area contributed by atoms with Gasteiger partial charge in [-0.2, -0.15) is 4.31 Å². The molecule has 1 atom stereocenters. The molecule has 2 heterocycles. The van der Waals surface area contributed by atoms with Crippen LogP contribution >= 0.6 is 0 Å². The predicted octanol–water partition coefficient (Wildman–Crippen LogP) is 1.66. The Morgan fingerprint density at radius 1 is 1.35 bits per heavy atom. The lowest BCUT2D eigenvalue weighted by Gasteiger charge is -2.23. The van der Waals surface area contributed by atoms with Crippen LogP contribution in [0.5, 0.6) is 0 Å². The van der Waals surface area contributed by atoms with Crippen molar-refractivity contribution >= 4 is 10.0 Å². The van der Waals surface area contributed by atoms with E-state index in [0.29, 0.717) is 31.1 Å². The summed E-state index contributed by atoms with van der Waals surface area (Å²) in [7, 11) is -1.91. The van der Waals surface area contributed by atoms with E-state index in [2.05, 4.69) is 4.98 Å². The lowest BCUT2D eigenvalue weighted by atomic mass is 10.1. The van der Waals surface area contributed by atoms with Gasteiger partial charge in [0.1, 0.15) is 0 Å². The molecular weight excluding hydrogens is 314 g/mol. The average molecular weight is 335 g/mol. The average Bonchev–Trinajstić information content (AvgIpc) is 2.86. The van der Waals surface area contributed by atoms with Crippen LogP contribution in [0.25, 0.3) is 0 Å². The van der Waals surface area contributed by atoms with Gasteiger partial charge in [-0.15, -0.1) is 0 Å². The zero-order valence-corrected chi connectivity index (χ0v) is 14.2. The second-order valence-corrected chi connectivity index (χ2v) is 7.91. The van der Waals surface area contributed by atoms with Crippen LogP contribution in [-0.4, -0.2) is 42.5 Å². The first-order valence-electron chi connectivity index (χ1n) is 7.55. The Labute approximate surface area is 136 Å². The highest BCUT2D eigenvalue weighted by Crippen LogP contribution is 2.24. The number of imidazole rings is 1. The van der Waals surface area contributed by atoms with Crippen LogP contribution in [-0.2, 0) is 27.8 Å². The quantitative estimate of drug-likeness (QED) is 0.852. The first-order valence-corrected chi connectivity index (χ1v) is 8.99. The van der Waals surface area contributed by atoms with Crippen molar-refractivity contribution in [2.45, 2.75) is 24.9 Å². The summed E-state index contributed by atoms with van der Waals surface area (Å²) in [5, 5.41) is 0. The molecule has 0 saturated heterocycles. The van der Waals surface area contributed by atoms with Crippen LogP contribution in [0.15, 0.2) is 41.7 Å². The Morgan fingerprint density at radius 3 is 2.91 bits per heavy atom. The van der Waals surface area contributed by atoms with Crippen molar-refractivity contribution in [1.82, 2.24) is 13.9 Å². The summed E-state index contributed by atoms with van der Waals surface area (Å²) in [5.41, 5.74) is 1.83. The number of rotatable bonds is 4. The van der Waals surface area contributed by atoms with Crippen LogP contribution in [0.2, 0.25) is 0 Å². The molecule has 0 fully saturated rings. The Morgan fingerprint density at radius 2 is 2.17 bits per heavy atom. The third kappa shape index (κ3) is 3.31. The summed E-state index contributed by atoms with van der Waals surface area (Å²) in [4.78, 5) is 4.48. The van der Waals surface area contributed by atoms with Gasteiger partial charge in [0.2, 0.25) is 10.0 Å². The number of sulfonamides is 1. The van der Waals surface area contributed by atoms with Gasteiger partial charge in [0.05, 0.1) is 30.1 Å². The lowest BCUT2D eigenvalue weighted by Crippen LogP contribution is -2.35. The molecule has 1 aromatic heterocycles. The topological polar surface area (TPSA) is 64.4 Å². The van der Waals surface area contributed by atoms with Gasteiger partial charge in [-0.1, -0.05) is 12.1 Å². The van der Waals surface area contributed by atoms with Crippen molar-refractivity contribution in [2.75, 3.05) is 20.3 Å². The zero-order valence-electron chi connectivity index (χ0n) is 13.3. The third-order valence-corrected chi connectivity index (χ3v) is 5.89. The molecule has 2 aromatic rings. The number of hydrogen-bond donors (Lipinski definition) is 0. The van der Waals surface area contributed by atoms with Gasteiger partial charge in [0.25, 0.3) is 0 Å². The van der Waals surface area contributed by atoms with Crippen molar-refractivity contribution in [1.29, 1.82) is 0 Å². The highest BCUT2D eigenvalue weighted by atomic mass is 32.2. The van der Waals surface area contributed by atoms with Crippen LogP contribution in [0.4, 0.5) is 0 Å². The molecule has 0 amide bonds. The van der Waals surface area contributed by atoms with Gasteiger partial charge in [-0.25, -0.2) is 13.4 Å². The summed E-state index contributed by atoms with van der Waals surface area (Å²) in [6.45, 7) is 3.88. The number of nitrogens with zero attached hydrogens (tertiary/aromatic N) is 3. The standard InChI is InChI=1S/C16H21N3O3S/c1-13-4-3-5-16(6-13)23(20,21)19-9-14(11-22-2)8-18-12-17-7-15(18)10-19/h3-7,12,14H,8-11H2,1-2H3/t14-/m1/s1. The number of aromatic nitrogens is 2. The number of aryl methyl sites for hydroxylation is 1. The Hall–Kier alpha value is -1.70. The van der Waals surface area contributed by atoms with Crippen LogP contribution in [0, 0.1) is 12.8 Å². The summed E-state index contributed by atoms with van der Waals surface area (Å²) in [6, 6.07) is 7.03. The summed E-state index contributed by atoms with van der Waals surface area (Å²) in [5.74, 6) is 0.0926. The summed E-state index contributed by atoms with van der Waals surface area (Å²) < 4.78 is 34.9. The van der Waals surface area contributed by atoms with Gasteiger partial charge >= 0.3 is 0 Å². The van der Waals surface area contributed by atoms with E-state index in [-0.39, 0.29) is 5.92 Å². The van der Waals surface area contributed by atoms with E-state index in [0.717, 1.165) is 11.3 Å². The smallest absolute Gasteiger partial charge is 0.243 e. The Bertz CT molecular complexity index is 785. The molecule has 3 rings (SSSR count). The predicted molar refractivity (Wildman–Crippen MR) is 86.4 cm³/mol. The number of hydrogen-bond acceptors (Lipinski definition) is 4. The van der Waals surface area contributed by atoms with Crippen LogP contribution in [0.3, 0.4) is 0 Å². The molecule has 6 nitrogen and oxygen atoms in total. The van der Waals surface area contributed by atoms with Gasteiger partial charge in [0.15, 0.2) is 0 Å².